The summed E-state index contributed by atoms with van der Waals surface area (Å²) in [4.78, 5) is 14.7. The smallest absolute Gasteiger partial charge is 0.224 e. The summed E-state index contributed by atoms with van der Waals surface area (Å²) in [6.07, 6.45) is 3.47. The molecule has 166 valence electrons. The molecule has 4 rings (SSSR count). The normalized spacial score (nSPS) is 17.3. The van der Waals surface area contributed by atoms with Crippen molar-refractivity contribution in [1.82, 2.24) is 0 Å². The quantitative estimate of drug-likeness (QED) is 0.616. The predicted molar refractivity (Wildman–Crippen MR) is 122 cm³/mol. The molecule has 0 atom stereocenters. The van der Waals surface area contributed by atoms with Gasteiger partial charge in [0.15, 0.2) is 11.6 Å². The Labute approximate surface area is 183 Å². The monoisotopic (exact) mass is 426 g/mol. The lowest BCUT2D eigenvalue weighted by molar-refractivity contribution is -0.117. The largest absolute Gasteiger partial charge is 0.367 e. The number of nitrogens with zero attached hydrogens (tertiary/aromatic N) is 1. The van der Waals surface area contributed by atoms with E-state index in [2.05, 4.69) is 22.3 Å². The first-order valence-corrected chi connectivity index (χ1v) is 11.1. The fourth-order valence-electron chi connectivity index (χ4n) is 4.86. The average Bonchev–Trinajstić information content (AvgIpc) is 3.45. The van der Waals surface area contributed by atoms with Crippen LogP contribution in [-0.2, 0) is 16.8 Å². The van der Waals surface area contributed by atoms with Crippen molar-refractivity contribution in [3.8, 4) is 0 Å². The summed E-state index contributed by atoms with van der Waals surface area (Å²) in [6.45, 7) is 11.6. The Morgan fingerprint density at radius 1 is 1.03 bits per heavy atom. The van der Waals surface area contributed by atoms with E-state index in [0.717, 1.165) is 59.4 Å². The van der Waals surface area contributed by atoms with Crippen LogP contribution in [0, 0.1) is 30.9 Å². The summed E-state index contributed by atoms with van der Waals surface area (Å²) in [7, 11) is 0. The van der Waals surface area contributed by atoms with Crippen LogP contribution in [-0.4, -0.2) is 12.5 Å². The lowest BCUT2D eigenvalue weighted by atomic mass is 9.89. The molecule has 3 nitrogen and oxygen atoms in total. The minimum Gasteiger partial charge on any atom is -0.367 e. The highest BCUT2D eigenvalue weighted by Crippen LogP contribution is 2.54. The van der Waals surface area contributed by atoms with Gasteiger partial charge in [-0.3, -0.25) is 4.79 Å². The van der Waals surface area contributed by atoms with E-state index in [9.17, 15) is 13.6 Å². The highest BCUT2D eigenvalue weighted by atomic mass is 19.2. The van der Waals surface area contributed by atoms with E-state index < -0.39 is 11.6 Å². The molecule has 1 N–H and O–H groups in total. The summed E-state index contributed by atoms with van der Waals surface area (Å²) in [6, 6.07) is 6.98. The van der Waals surface area contributed by atoms with E-state index in [4.69, 9.17) is 0 Å². The summed E-state index contributed by atoms with van der Waals surface area (Å²) in [5, 5.41) is 3.08. The molecule has 2 aliphatic rings. The van der Waals surface area contributed by atoms with Crippen molar-refractivity contribution < 1.29 is 13.6 Å². The number of aryl methyl sites for hydroxylation is 2. The number of rotatable bonds is 3. The molecule has 1 fully saturated rings. The topological polar surface area (TPSA) is 32.3 Å². The van der Waals surface area contributed by atoms with Gasteiger partial charge in [0.1, 0.15) is 0 Å². The third kappa shape index (κ3) is 4.46. The Hall–Kier alpha value is -2.43. The van der Waals surface area contributed by atoms with Gasteiger partial charge in [0.25, 0.3) is 0 Å². The van der Waals surface area contributed by atoms with Crippen molar-refractivity contribution in [2.45, 2.75) is 72.3 Å². The van der Waals surface area contributed by atoms with Gasteiger partial charge in [0.05, 0.1) is 0 Å². The van der Waals surface area contributed by atoms with E-state index in [1.54, 1.807) is 0 Å². The number of anilines is 2. The average molecular weight is 427 g/mol. The van der Waals surface area contributed by atoms with Gasteiger partial charge in [-0.25, -0.2) is 8.78 Å². The number of carbonyl (C=O) groups is 1. The second-order valence-electron chi connectivity index (χ2n) is 10.6. The highest BCUT2D eigenvalue weighted by molar-refractivity contribution is 5.93. The number of carbonyl (C=O) groups excluding carboxylic acids is 1. The molecular formula is C26H32F2N2O. The highest BCUT2D eigenvalue weighted by Gasteiger charge is 2.47. The molecule has 0 aromatic heterocycles. The second-order valence-corrected chi connectivity index (χ2v) is 10.6. The molecule has 1 heterocycles. The zero-order valence-electron chi connectivity index (χ0n) is 19.2. The van der Waals surface area contributed by atoms with Gasteiger partial charge in [0.2, 0.25) is 5.91 Å². The molecule has 0 bridgehead atoms. The minimum atomic E-state index is -0.777. The van der Waals surface area contributed by atoms with E-state index in [1.165, 1.54) is 12.1 Å². The first-order chi connectivity index (χ1) is 14.5. The van der Waals surface area contributed by atoms with E-state index >= 15 is 0 Å². The number of nitrogens with one attached hydrogen (secondary N) is 1. The van der Waals surface area contributed by atoms with Gasteiger partial charge in [-0.1, -0.05) is 20.8 Å². The zero-order valence-corrected chi connectivity index (χ0v) is 19.2. The molecule has 0 unspecified atom stereocenters. The second kappa shape index (κ2) is 7.61. The standard InChI is InChI=1S/C26H32F2N2O/c1-16-10-19(11-17(2)24(16)29-23(31)14-25(3,4)5)30-9-8-26(6-7-26)20-13-22(28)21(27)12-18(20)15-30/h10-13H,6-9,14-15H2,1-5H3,(H,29,31). The summed E-state index contributed by atoms with van der Waals surface area (Å²) >= 11 is 0. The van der Waals surface area contributed by atoms with Gasteiger partial charge in [-0.2, -0.15) is 0 Å². The van der Waals surface area contributed by atoms with Crippen LogP contribution in [0.1, 0.15) is 68.7 Å². The van der Waals surface area contributed by atoms with E-state index in [-0.39, 0.29) is 16.7 Å². The minimum absolute atomic E-state index is 0.00356. The third-order valence-corrected chi connectivity index (χ3v) is 6.63. The molecule has 1 amide bonds. The molecule has 2 aromatic rings. The van der Waals surface area contributed by atoms with Gasteiger partial charge in [0, 0.05) is 30.9 Å². The van der Waals surface area contributed by atoms with Gasteiger partial charge in [-0.05, 0) is 90.5 Å². The molecule has 31 heavy (non-hydrogen) atoms. The maximum atomic E-state index is 14.0. The molecule has 0 saturated heterocycles. The summed E-state index contributed by atoms with van der Waals surface area (Å²) in [5.41, 5.74) is 5.72. The summed E-state index contributed by atoms with van der Waals surface area (Å²) in [5.74, 6) is -1.51. The molecule has 1 spiro atoms. The Kier molecular flexibility index (Phi) is 5.35. The fourth-order valence-corrected chi connectivity index (χ4v) is 4.86. The number of halogens is 2. The van der Waals surface area contributed by atoms with Crippen LogP contribution in [0.4, 0.5) is 20.2 Å². The molecule has 1 aliphatic carbocycles. The first-order valence-electron chi connectivity index (χ1n) is 11.1. The molecule has 2 aromatic carbocycles. The third-order valence-electron chi connectivity index (χ3n) is 6.63. The zero-order chi connectivity index (χ0) is 22.6. The van der Waals surface area contributed by atoms with Crippen LogP contribution in [0.3, 0.4) is 0 Å². The Morgan fingerprint density at radius 3 is 2.23 bits per heavy atom. The molecule has 5 heteroatoms. The van der Waals surface area contributed by atoms with Crippen molar-refractivity contribution in [3.05, 3.63) is 58.2 Å². The fraction of sp³-hybridized carbons (Fsp3) is 0.500. The summed E-state index contributed by atoms with van der Waals surface area (Å²) < 4.78 is 28.0. The van der Waals surface area contributed by atoms with Crippen LogP contribution >= 0.6 is 0 Å². The van der Waals surface area contributed by atoms with Crippen LogP contribution in [0.15, 0.2) is 24.3 Å². The Bertz CT molecular complexity index is 1010. The number of hydrogen-bond donors (Lipinski definition) is 1. The van der Waals surface area contributed by atoms with Crippen molar-refractivity contribution in [2.75, 3.05) is 16.8 Å². The molecular weight excluding hydrogens is 394 g/mol. The molecule has 0 radical (unpaired) electrons. The van der Waals surface area contributed by atoms with Crippen LogP contribution in [0.25, 0.3) is 0 Å². The van der Waals surface area contributed by atoms with Crippen LogP contribution in [0.2, 0.25) is 0 Å². The van der Waals surface area contributed by atoms with Crippen molar-refractivity contribution in [2.24, 2.45) is 5.41 Å². The number of hydrogen-bond acceptors (Lipinski definition) is 2. The lowest BCUT2D eigenvalue weighted by Gasteiger charge is -2.26. The predicted octanol–water partition coefficient (Wildman–Crippen LogP) is 6.40. The van der Waals surface area contributed by atoms with Gasteiger partial charge in [-0.15, -0.1) is 0 Å². The van der Waals surface area contributed by atoms with Crippen LogP contribution < -0.4 is 10.2 Å². The Morgan fingerprint density at radius 2 is 1.65 bits per heavy atom. The maximum absolute atomic E-state index is 14.0. The maximum Gasteiger partial charge on any atom is 0.224 e. The number of fused-ring (bicyclic) bond motifs is 2. The van der Waals surface area contributed by atoms with Crippen LogP contribution in [0.5, 0.6) is 0 Å². The SMILES string of the molecule is Cc1cc(N2CCC3(CC3)c3cc(F)c(F)cc3C2)cc(C)c1NC(=O)CC(C)(C)C. The number of benzene rings is 2. The molecule has 1 saturated carbocycles. The first kappa shape index (κ1) is 21.8. The van der Waals surface area contributed by atoms with Crippen molar-refractivity contribution in [3.63, 3.8) is 0 Å². The van der Waals surface area contributed by atoms with E-state index in [0.29, 0.717) is 13.0 Å². The number of amides is 1. The lowest BCUT2D eigenvalue weighted by Crippen LogP contribution is -2.24. The van der Waals surface area contributed by atoms with E-state index in [1.807, 2.05) is 34.6 Å². The molecule has 1 aliphatic heterocycles. The van der Waals surface area contributed by atoms with Crippen molar-refractivity contribution >= 4 is 17.3 Å². The van der Waals surface area contributed by atoms with Gasteiger partial charge >= 0.3 is 0 Å². The Balaban J connectivity index is 1.61. The van der Waals surface area contributed by atoms with Gasteiger partial charge < -0.3 is 10.2 Å². The van der Waals surface area contributed by atoms with Crippen molar-refractivity contribution in [1.29, 1.82) is 0 Å².